The number of hydrogen-bond donors (Lipinski definition) is 3. The van der Waals surface area contributed by atoms with Crippen molar-refractivity contribution in [3.05, 3.63) is 35.6 Å². The Balaban J connectivity index is 1.74. The maximum atomic E-state index is 13.6. The summed E-state index contributed by atoms with van der Waals surface area (Å²) in [6.45, 7) is 17.2. The quantitative estimate of drug-likeness (QED) is 0.171. The summed E-state index contributed by atoms with van der Waals surface area (Å²) in [5, 5.41) is 25.7. The number of nitrogens with zero attached hydrogens (tertiary/aromatic N) is 4. The second-order valence-electron chi connectivity index (χ2n) is 11.8. The largest absolute Gasteiger partial charge is 0.475 e. The molecule has 0 unspecified atom stereocenters. The fourth-order valence-electron chi connectivity index (χ4n) is 3.74. The Hall–Kier alpha value is -2.06. The van der Waals surface area contributed by atoms with Crippen LogP contribution in [0.2, 0.25) is 0 Å². The Labute approximate surface area is 258 Å². The predicted octanol–water partition coefficient (Wildman–Crippen LogP) is 3.49. The third-order valence-corrected chi connectivity index (χ3v) is 10.1. The molecule has 0 radical (unpaired) electrons. The van der Waals surface area contributed by atoms with Crippen LogP contribution in [0.5, 0.6) is 0 Å². The van der Waals surface area contributed by atoms with Crippen molar-refractivity contribution in [2.24, 2.45) is 10.8 Å². The molecule has 17 heteroatoms. The van der Waals surface area contributed by atoms with Crippen molar-refractivity contribution in [2.45, 2.75) is 65.6 Å². The van der Waals surface area contributed by atoms with Gasteiger partial charge in [0.25, 0.3) is 0 Å². The first-order valence-corrected chi connectivity index (χ1v) is 16.8. The van der Waals surface area contributed by atoms with E-state index >= 15 is 0 Å². The van der Waals surface area contributed by atoms with E-state index in [1.165, 1.54) is 10.8 Å². The number of carbonyl (C=O) groups excluding carboxylic acids is 2. The molecule has 2 aromatic heterocycles. The Kier molecular flexibility index (Phi) is 11.5. The number of phosphoric acid groups is 1. The number of phosphoric ester groups is 1. The van der Waals surface area contributed by atoms with E-state index in [2.05, 4.69) is 14.9 Å². The molecule has 0 saturated carbocycles. The van der Waals surface area contributed by atoms with E-state index in [1.54, 1.807) is 53.7 Å². The third-order valence-electron chi connectivity index (χ3n) is 6.20. The molecule has 3 rings (SSSR count). The number of thioether (sulfide) groups is 2. The fraction of sp³-hybridized carbons (Fsp3) is 0.654. The van der Waals surface area contributed by atoms with Crippen molar-refractivity contribution in [3.8, 4) is 0 Å². The van der Waals surface area contributed by atoms with E-state index in [-0.39, 0.29) is 46.5 Å². The Morgan fingerprint density at radius 3 is 2.16 bits per heavy atom. The normalized spacial score (nSPS) is 23.0. The lowest BCUT2D eigenvalue weighted by molar-refractivity contribution is -0.118. The lowest BCUT2D eigenvalue weighted by Gasteiger charge is -2.23. The minimum atomic E-state index is -4.41. The number of aliphatic hydroxyl groups excluding tert-OH is 2. The van der Waals surface area contributed by atoms with Gasteiger partial charge in [-0.25, -0.2) is 20.6 Å². The van der Waals surface area contributed by atoms with E-state index in [9.17, 15) is 24.4 Å². The number of carbonyl (C=O) groups is 2. The topological polar surface area (TPSA) is 189 Å². The van der Waals surface area contributed by atoms with Crippen molar-refractivity contribution < 1.29 is 42.7 Å². The Morgan fingerprint density at radius 2 is 1.65 bits per heavy atom. The number of rotatable bonds is 12. The fourth-order valence-corrected chi connectivity index (χ4v) is 6.76. The summed E-state index contributed by atoms with van der Waals surface area (Å²) in [7, 11) is -4.41. The summed E-state index contributed by atoms with van der Waals surface area (Å²) in [6, 6.07) is 3.16. The van der Waals surface area contributed by atoms with Gasteiger partial charge in [-0.2, -0.15) is 5.10 Å². The summed E-state index contributed by atoms with van der Waals surface area (Å²) in [4.78, 5) is 31.8. The highest BCUT2D eigenvalue weighted by Crippen LogP contribution is 2.52. The third kappa shape index (κ3) is 8.56. The van der Waals surface area contributed by atoms with E-state index in [1.807, 2.05) is 0 Å². The first-order valence-electron chi connectivity index (χ1n) is 13.3. The molecule has 0 aromatic carbocycles. The average molecular weight is 660 g/mol. The SMILES string of the molecule is [C-]#[N+][C@]1(COP(=O)(OCCSC(=O)C(C)(C)C)OCCSC(=O)C(C)(C)C)O[C@@H](c2ccc3c(N)ncnn23)[C@H](O)[C@@H]1O. The lowest BCUT2D eigenvalue weighted by atomic mass is 9.99. The van der Waals surface area contributed by atoms with Crippen LogP contribution in [-0.4, -0.2) is 84.3 Å². The molecular formula is C26H38N5O9PS2. The van der Waals surface area contributed by atoms with Crippen LogP contribution >= 0.6 is 31.3 Å². The first kappa shape index (κ1) is 35.4. The molecule has 1 fully saturated rings. The number of aliphatic hydroxyl groups is 2. The molecule has 0 aliphatic carbocycles. The molecule has 0 spiro atoms. The van der Waals surface area contributed by atoms with Gasteiger partial charge in [0, 0.05) is 22.3 Å². The number of aromatic nitrogens is 3. The zero-order chi connectivity index (χ0) is 32.2. The standard InChI is InChI=1S/C26H38N5O9PS2/c1-24(2,3)22(34)42-12-10-37-41(36,38-11-13-43-23(35)25(4,5)6)39-14-26(28-7)20(33)18(32)19(40-26)16-8-9-17-21(27)29-15-30-31(16)17/h8-9,15,18-20,32-33H,10-14H2,1-6H3,(H2,27,29,30)/t18-,19-,20-,26+/m0/s1. The van der Waals surface area contributed by atoms with Crippen LogP contribution in [0.25, 0.3) is 10.4 Å². The van der Waals surface area contributed by atoms with Gasteiger partial charge in [-0.1, -0.05) is 65.1 Å². The predicted molar refractivity (Wildman–Crippen MR) is 162 cm³/mol. The minimum Gasteiger partial charge on any atom is -0.387 e. The molecule has 2 aromatic rings. The number of nitrogens with two attached hydrogens (primary N) is 1. The molecule has 238 valence electrons. The monoisotopic (exact) mass is 659 g/mol. The van der Waals surface area contributed by atoms with Crippen LogP contribution in [-0.2, 0) is 32.5 Å². The van der Waals surface area contributed by atoms with Crippen LogP contribution in [0.4, 0.5) is 5.82 Å². The number of anilines is 1. The van der Waals surface area contributed by atoms with E-state index in [0.29, 0.717) is 5.52 Å². The van der Waals surface area contributed by atoms with Crippen molar-refractivity contribution >= 4 is 52.9 Å². The van der Waals surface area contributed by atoms with Gasteiger partial charge < -0.3 is 15.9 Å². The minimum absolute atomic E-state index is 0.0933. The highest BCUT2D eigenvalue weighted by atomic mass is 32.2. The van der Waals surface area contributed by atoms with Crippen LogP contribution < -0.4 is 5.73 Å². The molecule has 4 atom stereocenters. The summed E-state index contributed by atoms with van der Waals surface area (Å²) in [5.41, 5.74) is 3.24. The molecule has 3 heterocycles. The van der Waals surface area contributed by atoms with E-state index in [4.69, 9.17) is 30.6 Å². The summed E-state index contributed by atoms with van der Waals surface area (Å²) in [5.74, 6) is 0.461. The molecule has 1 aliphatic heterocycles. The molecule has 14 nitrogen and oxygen atoms in total. The van der Waals surface area contributed by atoms with Gasteiger partial charge in [-0.3, -0.25) is 32.7 Å². The van der Waals surface area contributed by atoms with Gasteiger partial charge in [-0.15, -0.1) is 0 Å². The van der Waals surface area contributed by atoms with Crippen molar-refractivity contribution in [3.63, 3.8) is 0 Å². The van der Waals surface area contributed by atoms with Gasteiger partial charge in [0.15, 0.2) is 28.8 Å². The van der Waals surface area contributed by atoms with Gasteiger partial charge in [-0.05, 0) is 12.1 Å². The van der Waals surface area contributed by atoms with Crippen LogP contribution in [0.3, 0.4) is 0 Å². The van der Waals surface area contributed by atoms with Crippen molar-refractivity contribution in [1.29, 1.82) is 0 Å². The second-order valence-corrected chi connectivity index (χ2v) is 15.6. The molecule has 43 heavy (non-hydrogen) atoms. The summed E-state index contributed by atoms with van der Waals surface area (Å²) >= 11 is 1.99. The zero-order valence-corrected chi connectivity index (χ0v) is 27.4. The molecule has 0 amide bonds. The molecule has 1 aliphatic rings. The van der Waals surface area contributed by atoms with E-state index < -0.39 is 49.3 Å². The van der Waals surface area contributed by atoms with Crippen LogP contribution in [0.1, 0.15) is 53.3 Å². The zero-order valence-electron chi connectivity index (χ0n) is 24.9. The van der Waals surface area contributed by atoms with E-state index in [0.717, 1.165) is 23.5 Å². The number of nitrogen functional groups attached to an aromatic ring is 1. The highest BCUT2D eigenvalue weighted by Gasteiger charge is 2.62. The Bertz CT molecular complexity index is 1370. The number of hydrogen-bond acceptors (Lipinski definition) is 14. The number of ether oxygens (including phenoxy) is 1. The molecule has 4 N–H and O–H groups in total. The van der Waals surface area contributed by atoms with Gasteiger partial charge >= 0.3 is 13.5 Å². The smallest absolute Gasteiger partial charge is 0.387 e. The van der Waals surface area contributed by atoms with Crippen molar-refractivity contribution in [1.82, 2.24) is 14.6 Å². The van der Waals surface area contributed by atoms with Gasteiger partial charge in [0.05, 0.1) is 18.9 Å². The van der Waals surface area contributed by atoms with Gasteiger partial charge in [0.2, 0.25) is 0 Å². The second kappa shape index (κ2) is 13.9. The van der Waals surface area contributed by atoms with Gasteiger partial charge in [0.1, 0.15) is 24.1 Å². The highest BCUT2D eigenvalue weighted by molar-refractivity contribution is 8.14. The average Bonchev–Trinajstić information content (AvgIpc) is 3.47. The van der Waals surface area contributed by atoms with Crippen molar-refractivity contribution in [2.75, 3.05) is 37.1 Å². The lowest BCUT2D eigenvalue weighted by Crippen LogP contribution is -2.44. The number of fused-ring (bicyclic) bond motifs is 1. The maximum absolute atomic E-state index is 13.6. The molecule has 1 saturated heterocycles. The first-order chi connectivity index (χ1) is 19.9. The molecular weight excluding hydrogens is 621 g/mol. The Morgan fingerprint density at radius 1 is 1.09 bits per heavy atom. The van der Waals surface area contributed by atoms with Crippen LogP contribution in [0.15, 0.2) is 18.5 Å². The van der Waals surface area contributed by atoms with Crippen LogP contribution in [0, 0.1) is 17.4 Å². The maximum Gasteiger partial charge on any atom is 0.475 e. The summed E-state index contributed by atoms with van der Waals surface area (Å²) < 4.78 is 37.3. The molecule has 0 bridgehead atoms. The summed E-state index contributed by atoms with van der Waals surface area (Å²) in [6.07, 6.45) is -3.40.